The summed E-state index contributed by atoms with van der Waals surface area (Å²) in [5.41, 5.74) is 0. The standard InChI is InChI=1S/C12H12O4/c1-2-5-16-12(15)10-8-4-3-7(6-8)9(10)11(13)14/h1,3-4,7-10H,5-6H2,(H,13,14)/t7-,8+,9-,10-/m0/s1. The Balaban J connectivity index is 2.14. The molecule has 0 aromatic rings. The second-order valence-corrected chi connectivity index (χ2v) is 4.15. The van der Waals surface area contributed by atoms with Crippen LogP contribution in [0, 0.1) is 36.0 Å². The number of ether oxygens (including phenoxy) is 1. The molecule has 0 spiro atoms. The summed E-state index contributed by atoms with van der Waals surface area (Å²) in [5.74, 6) is -0.474. The number of terminal acetylenes is 1. The van der Waals surface area contributed by atoms with Crippen LogP contribution in [-0.2, 0) is 14.3 Å². The molecule has 0 heterocycles. The van der Waals surface area contributed by atoms with Gasteiger partial charge >= 0.3 is 11.9 Å². The van der Waals surface area contributed by atoms with Gasteiger partial charge in [-0.15, -0.1) is 6.42 Å². The fourth-order valence-corrected chi connectivity index (χ4v) is 2.69. The smallest absolute Gasteiger partial charge is 0.311 e. The van der Waals surface area contributed by atoms with Crippen molar-refractivity contribution in [3.8, 4) is 12.3 Å². The molecule has 1 N–H and O–H groups in total. The summed E-state index contributed by atoms with van der Waals surface area (Å²) in [6.07, 6.45) is 9.51. The Kier molecular flexibility index (Phi) is 2.69. The summed E-state index contributed by atoms with van der Waals surface area (Å²) >= 11 is 0. The van der Waals surface area contributed by atoms with E-state index >= 15 is 0 Å². The summed E-state index contributed by atoms with van der Waals surface area (Å²) in [5, 5.41) is 9.10. The molecule has 1 fully saturated rings. The molecule has 0 aromatic carbocycles. The summed E-state index contributed by atoms with van der Waals surface area (Å²) in [7, 11) is 0. The predicted octanol–water partition coefficient (Wildman–Crippen LogP) is 0.686. The maximum absolute atomic E-state index is 11.7. The third-order valence-electron chi connectivity index (χ3n) is 3.31. The van der Waals surface area contributed by atoms with Crippen LogP contribution in [0.1, 0.15) is 6.42 Å². The van der Waals surface area contributed by atoms with Crippen molar-refractivity contribution in [2.45, 2.75) is 6.42 Å². The summed E-state index contributed by atoms with van der Waals surface area (Å²) < 4.78 is 4.84. The van der Waals surface area contributed by atoms with Crippen molar-refractivity contribution in [3.05, 3.63) is 12.2 Å². The number of allylic oxidation sites excluding steroid dienone is 2. The molecular weight excluding hydrogens is 208 g/mol. The second-order valence-electron chi connectivity index (χ2n) is 4.15. The van der Waals surface area contributed by atoms with Gasteiger partial charge in [-0.2, -0.15) is 0 Å². The van der Waals surface area contributed by atoms with Gasteiger partial charge in [0, 0.05) is 0 Å². The molecule has 2 aliphatic rings. The van der Waals surface area contributed by atoms with E-state index in [2.05, 4.69) is 5.92 Å². The lowest BCUT2D eigenvalue weighted by Gasteiger charge is -2.22. The van der Waals surface area contributed by atoms with Gasteiger partial charge in [-0.25, -0.2) is 0 Å². The molecule has 1 saturated carbocycles. The quantitative estimate of drug-likeness (QED) is 0.431. The van der Waals surface area contributed by atoms with E-state index in [0.29, 0.717) is 0 Å². The highest BCUT2D eigenvalue weighted by molar-refractivity contribution is 5.83. The minimum absolute atomic E-state index is 0.00336. The van der Waals surface area contributed by atoms with Gasteiger partial charge in [0.1, 0.15) is 0 Å². The first kappa shape index (κ1) is 10.7. The van der Waals surface area contributed by atoms with Gasteiger partial charge in [0.15, 0.2) is 6.61 Å². The molecule has 0 radical (unpaired) electrons. The van der Waals surface area contributed by atoms with Crippen LogP contribution in [0.2, 0.25) is 0 Å². The minimum Gasteiger partial charge on any atom is -0.481 e. The number of carboxylic acid groups (broad SMARTS) is 1. The van der Waals surface area contributed by atoms with Crippen LogP contribution in [0.4, 0.5) is 0 Å². The maximum Gasteiger partial charge on any atom is 0.311 e. The van der Waals surface area contributed by atoms with Gasteiger partial charge in [-0.05, 0) is 18.3 Å². The Morgan fingerprint density at radius 3 is 2.56 bits per heavy atom. The third-order valence-corrected chi connectivity index (χ3v) is 3.31. The third kappa shape index (κ3) is 1.58. The zero-order chi connectivity index (χ0) is 11.7. The number of carbonyl (C=O) groups excluding carboxylic acids is 1. The van der Waals surface area contributed by atoms with Gasteiger partial charge in [-0.3, -0.25) is 9.59 Å². The molecule has 84 valence electrons. The van der Waals surface area contributed by atoms with Crippen molar-refractivity contribution in [2.75, 3.05) is 6.61 Å². The highest BCUT2D eigenvalue weighted by Crippen LogP contribution is 2.48. The summed E-state index contributed by atoms with van der Waals surface area (Å²) in [4.78, 5) is 22.8. The number of rotatable bonds is 3. The van der Waals surface area contributed by atoms with Crippen LogP contribution in [0.3, 0.4) is 0 Å². The van der Waals surface area contributed by atoms with Crippen LogP contribution in [0.15, 0.2) is 12.2 Å². The molecule has 0 amide bonds. The lowest BCUT2D eigenvalue weighted by Crippen LogP contribution is -2.34. The zero-order valence-corrected chi connectivity index (χ0v) is 8.63. The van der Waals surface area contributed by atoms with Gasteiger partial charge in [0.25, 0.3) is 0 Å². The van der Waals surface area contributed by atoms with Crippen molar-refractivity contribution < 1.29 is 19.4 Å². The largest absolute Gasteiger partial charge is 0.481 e. The Hall–Kier alpha value is -1.76. The van der Waals surface area contributed by atoms with E-state index in [0.717, 1.165) is 6.42 Å². The van der Waals surface area contributed by atoms with Crippen LogP contribution < -0.4 is 0 Å². The van der Waals surface area contributed by atoms with E-state index in [1.54, 1.807) is 0 Å². The normalized spacial score (nSPS) is 34.7. The lowest BCUT2D eigenvalue weighted by molar-refractivity contribution is -0.157. The van der Waals surface area contributed by atoms with E-state index < -0.39 is 23.8 Å². The molecule has 0 saturated heterocycles. The van der Waals surface area contributed by atoms with Gasteiger partial charge in [0.05, 0.1) is 11.8 Å². The van der Waals surface area contributed by atoms with Crippen LogP contribution in [0.25, 0.3) is 0 Å². The average molecular weight is 220 g/mol. The molecule has 2 aliphatic carbocycles. The fraction of sp³-hybridized carbons (Fsp3) is 0.500. The zero-order valence-electron chi connectivity index (χ0n) is 8.63. The van der Waals surface area contributed by atoms with Crippen LogP contribution in [-0.4, -0.2) is 23.7 Å². The molecule has 4 atom stereocenters. The van der Waals surface area contributed by atoms with Gasteiger partial charge in [0.2, 0.25) is 0 Å². The molecule has 4 heteroatoms. The predicted molar refractivity (Wildman–Crippen MR) is 55.1 cm³/mol. The van der Waals surface area contributed by atoms with Crippen molar-refractivity contribution in [1.29, 1.82) is 0 Å². The number of aliphatic carboxylic acids is 1. The fourth-order valence-electron chi connectivity index (χ4n) is 2.69. The Morgan fingerprint density at radius 2 is 2.00 bits per heavy atom. The minimum atomic E-state index is -0.931. The number of fused-ring (bicyclic) bond motifs is 2. The highest BCUT2D eigenvalue weighted by atomic mass is 16.5. The van der Waals surface area contributed by atoms with E-state index in [9.17, 15) is 9.59 Å². The number of hydrogen-bond donors (Lipinski definition) is 1. The molecule has 16 heavy (non-hydrogen) atoms. The van der Waals surface area contributed by atoms with Crippen molar-refractivity contribution in [1.82, 2.24) is 0 Å². The van der Waals surface area contributed by atoms with Crippen molar-refractivity contribution in [3.63, 3.8) is 0 Å². The summed E-state index contributed by atoms with van der Waals surface area (Å²) in [6, 6.07) is 0. The van der Waals surface area contributed by atoms with Crippen molar-refractivity contribution >= 4 is 11.9 Å². The molecule has 4 nitrogen and oxygen atoms in total. The molecule has 2 bridgehead atoms. The molecule has 0 aliphatic heterocycles. The van der Waals surface area contributed by atoms with E-state index in [-0.39, 0.29) is 18.4 Å². The number of hydrogen-bond acceptors (Lipinski definition) is 3. The monoisotopic (exact) mass is 220 g/mol. The topological polar surface area (TPSA) is 63.6 Å². The van der Waals surface area contributed by atoms with E-state index in [1.807, 2.05) is 12.2 Å². The van der Waals surface area contributed by atoms with Crippen LogP contribution >= 0.6 is 0 Å². The van der Waals surface area contributed by atoms with Crippen LogP contribution in [0.5, 0.6) is 0 Å². The Labute approximate surface area is 93.3 Å². The first-order chi connectivity index (χ1) is 7.65. The summed E-state index contributed by atoms with van der Waals surface area (Å²) in [6.45, 7) is -0.0945. The second kappa shape index (κ2) is 4.01. The lowest BCUT2D eigenvalue weighted by atomic mass is 9.83. The number of carboxylic acids is 1. The van der Waals surface area contributed by atoms with Gasteiger partial charge in [-0.1, -0.05) is 18.1 Å². The Morgan fingerprint density at radius 1 is 1.38 bits per heavy atom. The molecule has 0 unspecified atom stereocenters. The SMILES string of the molecule is C#CCOC(=O)[C@@H]1[C@@H](C(=O)O)[C@H]2C=C[C@@H]1C2. The highest BCUT2D eigenvalue weighted by Gasteiger charge is 2.52. The molecule has 2 rings (SSSR count). The maximum atomic E-state index is 11.7. The van der Waals surface area contributed by atoms with Crippen molar-refractivity contribution in [2.24, 2.45) is 23.7 Å². The Bertz CT molecular complexity index is 390. The molecular formula is C12H12O4. The van der Waals surface area contributed by atoms with E-state index in [1.165, 1.54) is 0 Å². The van der Waals surface area contributed by atoms with E-state index in [4.69, 9.17) is 16.3 Å². The van der Waals surface area contributed by atoms with Gasteiger partial charge < -0.3 is 9.84 Å². The molecule has 0 aromatic heterocycles. The number of carbonyl (C=O) groups is 2. The number of esters is 1. The first-order valence-electron chi connectivity index (χ1n) is 5.16. The average Bonchev–Trinajstić information content (AvgIpc) is 2.84. The first-order valence-corrected chi connectivity index (χ1v) is 5.16.